The third-order valence-electron chi connectivity index (χ3n) is 6.32. The van der Waals surface area contributed by atoms with Crippen LogP contribution in [-0.2, 0) is 11.2 Å². The quantitative estimate of drug-likeness (QED) is 0.613. The van der Waals surface area contributed by atoms with Crippen LogP contribution in [0.1, 0.15) is 48.1 Å². The first kappa shape index (κ1) is 23.8. The fourth-order valence-electron chi connectivity index (χ4n) is 4.27. The SMILES string of the molecule is CF.COCCCOc1cc2c(cc1OC)-c1cc(=O)c(C(=O)O)cn1C(C1(C)CC1)C2. The molecule has 0 radical (unpaired) electrons. The fraction of sp³-hybridized carbons (Fsp3) is 0.500. The summed E-state index contributed by atoms with van der Waals surface area (Å²) in [7, 11) is 3.74. The number of carbonyl (C=O) groups is 1. The molecule has 2 heterocycles. The number of aromatic nitrogens is 1. The Morgan fingerprint density at radius 2 is 1.91 bits per heavy atom. The zero-order valence-electron chi connectivity index (χ0n) is 18.9. The highest BCUT2D eigenvalue weighted by molar-refractivity contribution is 5.88. The first-order chi connectivity index (χ1) is 15.4. The van der Waals surface area contributed by atoms with Crippen LogP contribution in [0.15, 0.2) is 29.2 Å². The van der Waals surface area contributed by atoms with Gasteiger partial charge in [0.2, 0.25) is 0 Å². The number of hydrogen-bond acceptors (Lipinski definition) is 5. The zero-order valence-corrected chi connectivity index (χ0v) is 18.9. The molecule has 0 bridgehead atoms. The predicted octanol–water partition coefficient (Wildman–Crippen LogP) is 4.12. The van der Waals surface area contributed by atoms with E-state index in [1.807, 2.05) is 16.7 Å². The molecule has 1 N–H and O–H groups in total. The molecular formula is C24H30FNO6. The molecule has 1 aromatic carbocycles. The molecule has 1 aromatic heterocycles. The predicted molar refractivity (Wildman–Crippen MR) is 119 cm³/mol. The Morgan fingerprint density at radius 1 is 1.19 bits per heavy atom. The number of carboxylic acid groups (broad SMARTS) is 1. The number of aromatic carboxylic acids is 1. The number of ether oxygens (including phenoxy) is 3. The molecule has 1 saturated carbocycles. The molecule has 1 fully saturated rings. The topological polar surface area (TPSA) is 87.0 Å². The van der Waals surface area contributed by atoms with E-state index < -0.39 is 11.4 Å². The molecule has 1 aliphatic carbocycles. The minimum absolute atomic E-state index is 0.0911. The molecule has 0 saturated heterocycles. The molecule has 0 spiro atoms. The second-order valence-electron chi connectivity index (χ2n) is 8.38. The summed E-state index contributed by atoms with van der Waals surface area (Å²) < 4.78 is 28.0. The Balaban J connectivity index is 0.00000141. The summed E-state index contributed by atoms with van der Waals surface area (Å²) in [6.07, 6.45) is 5.20. The summed E-state index contributed by atoms with van der Waals surface area (Å²) in [5.41, 5.74) is 2.11. The van der Waals surface area contributed by atoms with E-state index in [1.54, 1.807) is 14.2 Å². The fourth-order valence-corrected chi connectivity index (χ4v) is 4.27. The number of methoxy groups -OCH3 is 2. The first-order valence-corrected chi connectivity index (χ1v) is 10.6. The first-order valence-electron chi connectivity index (χ1n) is 10.6. The number of benzene rings is 1. The van der Waals surface area contributed by atoms with Gasteiger partial charge in [-0.3, -0.25) is 9.18 Å². The van der Waals surface area contributed by atoms with Gasteiger partial charge in [0.25, 0.3) is 0 Å². The zero-order chi connectivity index (χ0) is 23.5. The van der Waals surface area contributed by atoms with Gasteiger partial charge in [-0.1, -0.05) is 6.92 Å². The molecule has 0 amide bonds. The van der Waals surface area contributed by atoms with Gasteiger partial charge >= 0.3 is 5.97 Å². The Hall–Kier alpha value is -2.87. The van der Waals surface area contributed by atoms with Crippen LogP contribution in [0.3, 0.4) is 0 Å². The van der Waals surface area contributed by atoms with Crippen molar-refractivity contribution in [2.75, 3.05) is 34.6 Å². The smallest absolute Gasteiger partial charge is 0.341 e. The largest absolute Gasteiger partial charge is 0.493 e. The molecule has 1 atom stereocenters. The standard InChI is InChI=1S/C23H27NO6.CH3F/c1-23(5-6-23)21-10-14-9-20(30-8-4-7-28-2)19(29-3)11-15(14)17-12-18(25)16(22(26)27)13-24(17)21;1-2/h9,11-13,21H,4-8,10H2,1-3H3,(H,26,27);1H3. The number of alkyl halides is 1. The number of fused-ring (bicyclic) bond motifs is 3. The molecular weight excluding hydrogens is 417 g/mol. The van der Waals surface area contributed by atoms with Crippen molar-refractivity contribution in [2.24, 2.45) is 5.41 Å². The van der Waals surface area contributed by atoms with Crippen molar-refractivity contribution in [3.63, 3.8) is 0 Å². The monoisotopic (exact) mass is 447 g/mol. The van der Waals surface area contributed by atoms with Gasteiger partial charge in [-0.05, 0) is 42.4 Å². The van der Waals surface area contributed by atoms with Crippen molar-refractivity contribution in [2.45, 2.75) is 38.6 Å². The molecule has 8 heteroatoms. The maximum Gasteiger partial charge on any atom is 0.341 e. The van der Waals surface area contributed by atoms with E-state index >= 15 is 0 Å². The molecule has 1 aliphatic heterocycles. The van der Waals surface area contributed by atoms with Crippen LogP contribution >= 0.6 is 0 Å². The van der Waals surface area contributed by atoms with Crippen molar-refractivity contribution in [1.82, 2.24) is 4.57 Å². The van der Waals surface area contributed by atoms with Crippen LogP contribution in [0.5, 0.6) is 11.5 Å². The molecule has 32 heavy (non-hydrogen) atoms. The number of hydrogen-bond donors (Lipinski definition) is 1. The summed E-state index contributed by atoms with van der Waals surface area (Å²) in [4.78, 5) is 24.0. The van der Waals surface area contributed by atoms with E-state index in [-0.39, 0.29) is 17.0 Å². The number of carboxylic acids is 1. The lowest BCUT2D eigenvalue weighted by atomic mass is 9.84. The third kappa shape index (κ3) is 4.50. The molecule has 1 unspecified atom stereocenters. The van der Waals surface area contributed by atoms with Crippen LogP contribution in [0.25, 0.3) is 11.3 Å². The van der Waals surface area contributed by atoms with Gasteiger partial charge in [-0.2, -0.15) is 0 Å². The summed E-state index contributed by atoms with van der Waals surface area (Å²) in [5, 5.41) is 9.45. The van der Waals surface area contributed by atoms with Crippen molar-refractivity contribution >= 4 is 5.97 Å². The minimum Gasteiger partial charge on any atom is -0.493 e. The summed E-state index contributed by atoms with van der Waals surface area (Å²) in [6, 6.07) is 5.42. The lowest BCUT2D eigenvalue weighted by Gasteiger charge is -2.35. The number of halogens is 1. The Kier molecular flexibility index (Phi) is 7.23. The summed E-state index contributed by atoms with van der Waals surface area (Å²) >= 11 is 0. The number of rotatable bonds is 8. The highest BCUT2D eigenvalue weighted by atomic mass is 19.1. The van der Waals surface area contributed by atoms with Gasteiger partial charge in [0, 0.05) is 44.0 Å². The van der Waals surface area contributed by atoms with Crippen molar-refractivity contribution < 1.29 is 28.5 Å². The second-order valence-corrected chi connectivity index (χ2v) is 8.38. The lowest BCUT2D eigenvalue weighted by Crippen LogP contribution is -2.29. The molecule has 2 aliphatic rings. The second kappa shape index (κ2) is 9.73. The van der Waals surface area contributed by atoms with Crippen LogP contribution < -0.4 is 14.9 Å². The van der Waals surface area contributed by atoms with E-state index in [9.17, 15) is 19.1 Å². The number of nitrogens with zero attached hydrogens (tertiary/aromatic N) is 1. The number of pyridine rings is 1. The van der Waals surface area contributed by atoms with E-state index in [2.05, 4.69) is 6.92 Å². The maximum atomic E-state index is 12.5. The van der Waals surface area contributed by atoms with Gasteiger partial charge in [0.1, 0.15) is 5.56 Å². The molecule has 174 valence electrons. The van der Waals surface area contributed by atoms with E-state index in [0.717, 1.165) is 42.5 Å². The Bertz CT molecular complexity index is 1040. The van der Waals surface area contributed by atoms with Crippen LogP contribution in [-0.4, -0.2) is 50.3 Å². The molecule has 4 rings (SSSR count). The average Bonchev–Trinajstić information content (AvgIpc) is 3.54. The Labute approximate surface area is 186 Å². The van der Waals surface area contributed by atoms with Gasteiger partial charge in [0.05, 0.1) is 26.6 Å². The van der Waals surface area contributed by atoms with Gasteiger partial charge in [0.15, 0.2) is 16.9 Å². The van der Waals surface area contributed by atoms with Gasteiger partial charge in [-0.25, -0.2) is 4.79 Å². The van der Waals surface area contributed by atoms with E-state index in [0.29, 0.717) is 31.9 Å². The minimum atomic E-state index is -1.20. The Morgan fingerprint density at radius 3 is 2.50 bits per heavy atom. The maximum absolute atomic E-state index is 12.5. The van der Waals surface area contributed by atoms with Gasteiger partial charge < -0.3 is 23.9 Å². The lowest BCUT2D eigenvalue weighted by molar-refractivity contribution is 0.0694. The van der Waals surface area contributed by atoms with Crippen LogP contribution in [0.2, 0.25) is 0 Å². The molecule has 2 aromatic rings. The van der Waals surface area contributed by atoms with Gasteiger partial charge in [-0.15, -0.1) is 0 Å². The highest BCUT2D eigenvalue weighted by Crippen LogP contribution is 2.57. The van der Waals surface area contributed by atoms with Crippen molar-refractivity contribution in [1.29, 1.82) is 0 Å². The van der Waals surface area contributed by atoms with E-state index in [1.165, 1.54) is 12.3 Å². The normalized spacial score (nSPS) is 17.3. The third-order valence-corrected chi connectivity index (χ3v) is 6.32. The van der Waals surface area contributed by atoms with Crippen molar-refractivity contribution in [3.8, 4) is 22.8 Å². The van der Waals surface area contributed by atoms with Crippen LogP contribution in [0, 0.1) is 5.41 Å². The van der Waals surface area contributed by atoms with E-state index in [4.69, 9.17) is 14.2 Å². The van der Waals surface area contributed by atoms with Crippen molar-refractivity contribution in [3.05, 3.63) is 45.7 Å². The van der Waals surface area contributed by atoms with Crippen LogP contribution in [0.4, 0.5) is 4.39 Å². The summed E-state index contributed by atoms with van der Waals surface area (Å²) in [6.45, 7) is 3.36. The summed E-state index contributed by atoms with van der Waals surface area (Å²) in [5.74, 6) is 0.0618. The average molecular weight is 448 g/mol. The molecule has 7 nitrogen and oxygen atoms in total. The highest BCUT2D eigenvalue weighted by Gasteiger charge is 2.47.